The zero-order valence-corrected chi connectivity index (χ0v) is 21.4. The standard InChI is InChI=1S/C15H14O6.C14H16N2O2/c16-8-4-11(18)9-6-13(20)15(21-14(9)5-8)7-1-2-10(17)12(19)3-7;1-3-18-14(17)13-9-15-10-16(13)11(2)12-7-5-4-6-8-12/h1-5,13,15-20H,6H2;4-11H,3H2,1-2H3/t13-,15+;/m0./s1. The van der Waals surface area contributed by atoms with Crippen LogP contribution in [0.3, 0.4) is 0 Å². The molecule has 0 saturated heterocycles. The van der Waals surface area contributed by atoms with Crippen LogP contribution < -0.4 is 4.74 Å². The molecule has 4 aromatic rings. The number of aromatic hydroxyl groups is 4. The maximum absolute atomic E-state index is 11.8. The lowest BCUT2D eigenvalue weighted by Crippen LogP contribution is -2.30. The summed E-state index contributed by atoms with van der Waals surface area (Å²) in [6.07, 6.45) is 1.64. The Labute approximate surface area is 225 Å². The highest BCUT2D eigenvalue weighted by molar-refractivity contribution is 5.87. The van der Waals surface area contributed by atoms with E-state index in [-0.39, 0.29) is 47.2 Å². The predicted octanol–water partition coefficient (Wildman–Crippen LogP) is 4.22. The van der Waals surface area contributed by atoms with E-state index >= 15 is 0 Å². The van der Waals surface area contributed by atoms with E-state index in [4.69, 9.17) is 9.47 Å². The molecule has 5 N–H and O–H groups in total. The minimum atomic E-state index is -0.933. The van der Waals surface area contributed by atoms with Gasteiger partial charge >= 0.3 is 5.97 Å². The van der Waals surface area contributed by atoms with E-state index in [1.54, 1.807) is 13.3 Å². The Balaban J connectivity index is 0.000000183. The lowest BCUT2D eigenvalue weighted by molar-refractivity contribution is 0.0197. The molecule has 3 atom stereocenters. The van der Waals surface area contributed by atoms with Gasteiger partial charge in [-0.15, -0.1) is 0 Å². The number of aromatic nitrogens is 2. The number of nitrogens with zero attached hydrogens (tertiary/aromatic N) is 2. The fraction of sp³-hybridized carbons (Fsp3) is 0.241. The second-order valence-corrected chi connectivity index (χ2v) is 8.99. The van der Waals surface area contributed by atoms with Crippen molar-refractivity contribution >= 4 is 5.97 Å². The number of aliphatic hydroxyl groups excluding tert-OH is 1. The van der Waals surface area contributed by atoms with Crippen molar-refractivity contribution in [2.75, 3.05) is 6.61 Å². The lowest BCUT2D eigenvalue weighted by atomic mass is 9.94. The van der Waals surface area contributed by atoms with Crippen molar-refractivity contribution in [3.8, 4) is 28.7 Å². The number of benzene rings is 3. The van der Waals surface area contributed by atoms with E-state index in [1.165, 1.54) is 36.5 Å². The van der Waals surface area contributed by atoms with Gasteiger partial charge in [0, 0.05) is 24.1 Å². The molecule has 1 aliphatic rings. The third-order valence-electron chi connectivity index (χ3n) is 6.36. The minimum absolute atomic E-state index is 0.0492. The topological polar surface area (TPSA) is 154 Å². The molecule has 0 aliphatic carbocycles. The van der Waals surface area contributed by atoms with Crippen molar-refractivity contribution in [2.24, 2.45) is 0 Å². The summed E-state index contributed by atoms with van der Waals surface area (Å²) in [5, 5.41) is 48.3. The Bertz CT molecular complexity index is 1440. The van der Waals surface area contributed by atoms with E-state index < -0.39 is 12.2 Å². The van der Waals surface area contributed by atoms with Crippen LogP contribution >= 0.6 is 0 Å². The summed E-state index contributed by atoms with van der Waals surface area (Å²) in [4.78, 5) is 15.8. The summed E-state index contributed by atoms with van der Waals surface area (Å²) >= 11 is 0. The average molecular weight is 535 g/mol. The molecule has 0 saturated carbocycles. The van der Waals surface area contributed by atoms with Crippen LogP contribution in [0, 0.1) is 0 Å². The van der Waals surface area contributed by atoms with Crippen molar-refractivity contribution in [1.29, 1.82) is 0 Å². The number of ether oxygens (including phenoxy) is 2. The Morgan fingerprint density at radius 3 is 2.49 bits per heavy atom. The molecule has 2 heterocycles. The molecule has 10 nitrogen and oxygen atoms in total. The molecule has 39 heavy (non-hydrogen) atoms. The first-order valence-electron chi connectivity index (χ1n) is 12.3. The summed E-state index contributed by atoms with van der Waals surface area (Å²) in [7, 11) is 0. The van der Waals surface area contributed by atoms with Gasteiger partial charge in [-0.25, -0.2) is 9.78 Å². The van der Waals surface area contributed by atoms with E-state index in [2.05, 4.69) is 4.98 Å². The summed E-state index contributed by atoms with van der Waals surface area (Å²) in [5.74, 6) is -0.924. The molecule has 1 aliphatic heterocycles. The van der Waals surface area contributed by atoms with Crippen LogP contribution in [0.25, 0.3) is 0 Å². The van der Waals surface area contributed by atoms with Crippen molar-refractivity contribution in [1.82, 2.24) is 9.55 Å². The number of imidazole rings is 1. The van der Waals surface area contributed by atoms with Gasteiger partial charge in [0.05, 0.1) is 31.3 Å². The van der Waals surface area contributed by atoms with E-state index in [0.717, 1.165) is 5.56 Å². The first-order chi connectivity index (χ1) is 18.7. The molecule has 0 radical (unpaired) electrons. The van der Waals surface area contributed by atoms with Crippen LogP contribution in [-0.2, 0) is 11.2 Å². The molecule has 10 heteroatoms. The highest BCUT2D eigenvalue weighted by atomic mass is 16.5. The molecule has 3 aromatic carbocycles. The molecular weight excluding hydrogens is 504 g/mol. The van der Waals surface area contributed by atoms with Gasteiger partial charge in [-0.3, -0.25) is 0 Å². The zero-order chi connectivity index (χ0) is 28.1. The van der Waals surface area contributed by atoms with Crippen molar-refractivity contribution < 1.29 is 39.8 Å². The second-order valence-electron chi connectivity index (χ2n) is 8.99. The molecule has 0 fully saturated rings. The Kier molecular flexibility index (Phi) is 8.26. The van der Waals surface area contributed by atoms with E-state index in [0.29, 0.717) is 23.4 Å². The molecule has 1 aromatic heterocycles. The number of carbonyl (C=O) groups is 1. The number of aliphatic hydroxyl groups is 1. The summed E-state index contributed by atoms with van der Waals surface area (Å²) in [5.41, 5.74) is 2.50. The van der Waals surface area contributed by atoms with Gasteiger partial charge < -0.3 is 39.6 Å². The number of esters is 1. The highest BCUT2D eigenvalue weighted by Gasteiger charge is 2.32. The Morgan fingerprint density at radius 2 is 1.79 bits per heavy atom. The first-order valence-corrected chi connectivity index (χ1v) is 12.3. The zero-order valence-electron chi connectivity index (χ0n) is 21.4. The van der Waals surface area contributed by atoms with E-state index in [9.17, 15) is 30.3 Å². The maximum atomic E-state index is 11.8. The normalized spacial score (nSPS) is 16.7. The number of phenols is 4. The molecule has 0 bridgehead atoms. The SMILES string of the molecule is CCOC(=O)c1cncn1C(C)c1ccccc1.Oc1cc(O)c2c(c1)O[C@H](c1ccc(O)c(O)c1)[C@@H](O)C2. The third-order valence-corrected chi connectivity index (χ3v) is 6.36. The van der Waals surface area contributed by atoms with Crippen LogP contribution in [-0.4, -0.2) is 53.8 Å². The largest absolute Gasteiger partial charge is 0.508 e. The smallest absolute Gasteiger partial charge is 0.356 e. The lowest BCUT2D eigenvalue weighted by Gasteiger charge is -2.31. The van der Waals surface area contributed by atoms with Gasteiger partial charge in [-0.1, -0.05) is 36.4 Å². The molecular formula is C29H30N2O8. The quantitative estimate of drug-likeness (QED) is 0.187. The number of hydrogen-bond donors (Lipinski definition) is 5. The average Bonchev–Trinajstić information content (AvgIpc) is 3.41. The first kappa shape index (κ1) is 27.3. The molecule has 5 rings (SSSR count). The molecule has 1 unspecified atom stereocenters. The number of hydrogen-bond acceptors (Lipinski definition) is 9. The number of carbonyl (C=O) groups excluding carboxylic acids is 1. The number of rotatable bonds is 5. The van der Waals surface area contributed by atoms with Crippen LogP contribution in [0.15, 0.2) is 73.2 Å². The monoisotopic (exact) mass is 534 g/mol. The maximum Gasteiger partial charge on any atom is 0.356 e. The van der Waals surface area contributed by atoms with Crippen LogP contribution in [0.5, 0.6) is 28.7 Å². The van der Waals surface area contributed by atoms with Gasteiger partial charge in [0.2, 0.25) is 0 Å². The van der Waals surface area contributed by atoms with Gasteiger partial charge in [0.25, 0.3) is 0 Å². The molecule has 204 valence electrons. The molecule has 0 amide bonds. The van der Waals surface area contributed by atoms with E-state index in [1.807, 2.05) is 41.8 Å². The summed E-state index contributed by atoms with van der Waals surface area (Å²) in [6.45, 7) is 4.18. The highest BCUT2D eigenvalue weighted by Crippen LogP contribution is 2.42. The van der Waals surface area contributed by atoms with Crippen molar-refractivity contribution in [3.05, 3.63) is 95.6 Å². The summed E-state index contributed by atoms with van der Waals surface area (Å²) in [6, 6.07) is 16.7. The molecule has 0 spiro atoms. The minimum Gasteiger partial charge on any atom is -0.508 e. The van der Waals surface area contributed by atoms with Crippen LogP contribution in [0.2, 0.25) is 0 Å². The second kappa shape index (κ2) is 11.8. The predicted molar refractivity (Wildman–Crippen MR) is 141 cm³/mol. The summed E-state index contributed by atoms with van der Waals surface area (Å²) < 4.78 is 12.5. The third kappa shape index (κ3) is 6.07. The Hall–Kier alpha value is -4.70. The number of phenolic OH excluding ortho intramolecular Hbond substituents is 4. The number of fused-ring (bicyclic) bond motifs is 1. The Morgan fingerprint density at radius 1 is 1.05 bits per heavy atom. The van der Waals surface area contributed by atoms with Gasteiger partial charge in [0.15, 0.2) is 11.5 Å². The van der Waals surface area contributed by atoms with Crippen LogP contribution in [0.1, 0.15) is 53.2 Å². The van der Waals surface area contributed by atoms with Gasteiger partial charge in [-0.2, -0.15) is 0 Å². The van der Waals surface area contributed by atoms with Gasteiger partial charge in [0.1, 0.15) is 29.0 Å². The fourth-order valence-electron chi connectivity index (χ4n) is 4.33. The van der Waals surface area contributed by atoms with Gasteiger partial charge in [-0.05, 0) is 37.1 Å². The van der Waals surface area contributed by atoms with Crippen LogP contribution in [0.4, 0.5) is 0 Å². The van der Waals surface area contributed by atoms with Crippen molar-refractivity contribution in [3.63, 3.8) is 0 Å². The fourth-order valence-corrected chi connectivity index (χ4v) is 4.33. The van der Waals surface area contributed by atoms with Crippen molar-refractivity contribution in [2.45, 2.75) is 38.5 Å².